The number of hydrogen-bond donors (Lipinski definition) is 0. The molecule has 6 nitrogen and oxygen atoms in total. The lowest BCUT2D eigenvalue weighted by atomic mass is 9.70. The molecule has 1 spiro atoms. The minimum absolute atomic E-state index is 0.476. The molecule has 0 unspecified atom stereocenters. The summed E-state index contributed by atoms with van der Waals surface area (Å²) < 4.78 is 11.3. The SMILES string of the molecule is c1ccc(-c2cccc3oc4cc(-c5nc(-c6cccc(-n7c8ccccc8c8cc9c(cc87)C7(c8ccccc8-c8ccccc87)c7ccccc7-9)c6)nc(-n6c7ccccc7c7ccccc76)n5)ccc4c23)cc1. The van der Waals surface area contributed by atoms with E-state index in [4.69, 9.17) is 19.4 Å². The van der Waals surface area contributed by atoms with E-state index in [0.717, 1.165) is 82.7 Å². The van der Waals surface area contributed by atoms with Crippen molar-refractivity contribution < 1.29 is 4.42 Å². The van der Waals surface area contributed by atoms with Crippen LogP contribution in [0, 0.1) is 0 Å². The standard InChI is InChI=1S/C70H41N5O/c1-2-18-42(19-3-1)46-28-17-35-64-66(46)53-37-36-44(39-65(53)76-64)68-71-67(72-69(73-68)75-61-33-14-7-25-50(61)51-26-8-15-34-62(51)75)43-20-16-21-45(38-43)74-60-32-13-9-27-52(60)55-40-54-49-24-6-12-31-58(49)70(59(54)41-63(55)74)56-29-10-4-22-47(56)48-23-5-11-30-57(48)70/h1-41H. The van der Waals surface area contributed by atoms with Crippen LogP contribution in [0.15, 0.2) is 253 Å². The Morgan fingerprint density at radius 1 is 0.303 bits per heavy atom. The largest absolute Gasteiger partial charge is 0.456 e. The minimum atomic E-state index is -0.476. The third-order valence-corrected chi connectivity index (χ3v) is 16.4. The van der Waals surface area contributed by atoms with Gasteiger partial charge in [0, 0.05) is 49.1 Å². The number of benzene rings is 11. The average Bonchev–Trinajstić information content (AvgIpc) is 4.29. The van der Waals surface area contributed by atoms with Gasteiger partial charge in [-0.05, 0) is 116 Å². The molecule has 0 aliphatic heterocycles. The summed E-state index contributed by atoms with van der Waals surface area (Å²) in [6, 6.07) is 89.7. The highest BCUT2D eigenvalue weighted by Gasteiger charge is 2.51. The van der Waals surface area contributed by atoms with E-state index in [0.29, 0.717) is 17.6 Å². The third-order valence-electron chi connectivity index (χ3n) is 16.4. The van der Waals surface area contributed by atoms with E-state index in [1.54, 1.807) is 0 Å². The first-order valence-corrected chi connectivity index (χ1v) is 25.9. The molecule has 0 atom stereocenters. The molecule has 0 saturated carbocycles. The van der Waals surface area contributed by atoms with Crippen molar-refractivity contribution in [2.45, 2.75) is 5.41 Å². The summed E-state index contributed by atoms with van der Waals surface area (Å²) in [4.78, 5) is 16.2. The van der Waals surface area contributed by atoms with Crippen LogP contribution in [0.4, 0.5) is 0 Å². The molecule has 0 N–H and O–H groups in total. The fourth-order valence-electron chi connectivity index (χ4n) is 13.3. The molecule has 0 saturated heterocycles. The van der Waals surface area contributed by atoms with Gasteiger partial charge in [-0.3, -0.25) is 4.57 Å². The summed E-state index contributed by atoms with van der Waals surface area (Å²) in [5.74, 6) is 1.65. The first-order chi connectivity index (χ1) is 37.7. The highest BCUT2D eigenvalue weighted by molar-refractivity contribution is 6.14. The molecule has 2 aliphatic rings. The number of fused-ring (bicyclic) bond motifs is 19. The van der Waals surface area contributed by atoms with Crippen molar-refractivity contribution >= 4 is 65.6 Å². The van der Waals surface area contributed by atoms with E-state index in [1.807, 2.05) is 12.1 Å². The normalized spacial score (nSPS) is 13.1. The minimum Gasteiger partial charge on any atom is -0.456 e. The van der Waals surface area contributed by atoms with Gasteiger partial charge < -0.3 is 8.98 Å². The monoisotopic (exact) mass is 967 g/mol. The smallest absolute Gasteiger partial charge is 0.238 e. The van der Waals surface area contributed by atoms with E-state index < -0.39 is 5.41 Å². The van der Waals surface area contributed by atoms with Crippen LogP contribution >= 0.6 is 0 Å². The summed E-state index contributed by atoms with van der Waals surface area (Å²) in [5, 5.41) is 6.80. The molecular weight excluding hydrogens is 927 g/mol. The van der Waals surface area contributed by atoms with Crippen molar-refractivity contribution in [1.82, 2.24) is 24.1 Å². The van der Waals surface area contributed by atoms with Crippen LogP contribution in [-0.4, -0.2) is 24.1 Å². The molecule has 6 heteroatoms. The zero-order chi connectivity index (χ0) is 49.6. The molecule has 76 heavy (non-hydrogen) atoms. The van der Waals surface area contributed by atoms with Gasteiger partial charge in [0.25, 0.3) is 0 Å². The van der Waals surface area contributed by atoms with E-state index in [2.05, 4.69) is 246 Å². The summed E-state index contributed by atoms with van der Waals surface area (Å²) in [6.07, 6.45) is 0. The topological polar surface area (TPSA) is 61.7 Å². The lowest BCUT2D eigenvalue weighted by Crippen LogP contribution is -2.25. The zero-order valence-electron chi connectivity index (χ0n) is 40.8. The highest BCUT2D eigenvalue weighted by Crippen LogP contribution is 2.63. The van der Waals surface area contributed by atoms with Crippen molar-refractivity contribution in [3.63, 3.8) is 0 Å². The van der Waals surface area contributed by atoms with Crippen molar-refractivity contribution in [3.05, 3.63) is 271 Å². The van der Waals surface area contributed by atoms with Gasteiger partial charge in [0.1, 0.15) is 11.2 Å². The van der Waals surface area contributed by atoms with Gasteiger partial charge in [0.15, 0.2) is 11.6 Å². The van der Waals surface area contributed by atoms with Crippen LogP contribution < -0.4 is 0 Å². The average molecular weight is 968 g/mol. The van der Waals surface area contributed by atoms with E-state index in [1.165, 1.54) is 55.3 Å². The highest BCUT2D eigenvalue weighted by atomic mass is 16.3. The molecule has 0 fully saturated rings. The Morgan fingerprint density at radius 2 is 0.829 bits per heavy atom. The van der Waals surface area contributed by atoms with Crippen molar-refractivity contribution in [2.24, 2.45) is 0 Å². The first kappa shape index (κ1) is 41.3. The second kappa shape index (κ2) is 15.4. The second-order valence-corrected chi connectivity index (χ2v) is 20.2. The summed E-state index contributed by atoms with van der Waals surface area (Å²) in [6.45, 7) is 0. The molecule has 0 bridgehead atoms. The molecule has 15 aromatic rings. The number of rotatable bonds is 5. The fourth-order valence-corrected chi connectivity index (χ4v) is 13.3. The Kier molecular flexibility index (Phi) is 8.39. The van der Waals surface area contributed by atoms with E-state index in [-0.39, 0.29) is 0 Å². The Labute approximate surface area is 436 Å². The molecule has 352 valence electrons. The molecule has 0 radical (unpaired) electrons. The Bertz CT molecular complexity index is 4860. The van der Waals surface area contributed by atoms with Crippen LogP contribution in [0.25, 0.3) is 133 Å². The third kappa shape index (κ3) is 5.56. The quantitative estimate of drug-likeness (QED) is 0.172. The number of nitrogens with zero attached hydrogens (tertiary/aromatic N) is 5. The van der Waals surface area contributed by atoms with Crippen LogP contribution in [-0.2, 0) is 5.41 Å². The molecule has 2 aliphatic carbocycles. The summed E-state index contributed by atoms with van der Waals surface area (Å²) in [5.41, 5.74) is 20.9. The molecular formula is C70H41N5O. The number of hydrogen-bond acceptors (Lipinski definition) is 4. The Morgan fingerprint density at radius 3 is 1.50 bits per heavy atom. The van der Waals surface area contributed by atoms with Gasteiger partial charge in [-0.1, -0.05) is 188 Å². The van der Waals surface area contributed by atoms with Crippen LogP contribution in [0.5, 0.6) is 0 Å². The first-order valence-electron chi connectivity index (χ1n) is 25.9. The van der Waals surface area contributed by atoms with E-state index >= 15 is 0 Å². The van der Waals surface area contributed by atoms with Gasteiger partial charge in [-0.15, -0.1) is 0 Å². The predicted octanol–water partition coefficient (Wildman–Crippen LogP) is 17.3. The second-order valence-electron chi connectivity index (χ2n) is 20.2. The number of aromatic nitrogens is 5. The maximum absolute atomic E-state index is 6.67. The number of furan rings is 1. The Balaban J connectivity index is 0.888. The van der Waals surface area contributed by atoms with Crippen molar-refractivity contribution in [3.8, 4) is 67.8 Å². The van der Waals surface area contributed by atoms with Crippen molar-refractivity contribution in [1.29, 1.82) is 0 Å². The van der Waals surface area contributed by atoms with Gasteiger partial charge in [-0.25, -0.2) is 4.98 Å². The van der Waals surface area contributed by atoms with Gasteiger partial charge in [0.05, 0.1) is 27.5 Å². The van der Waals surface area contributed by atoms with Crippen LogP contribution in [0.3, 0.4) is 0 Å². The maximum Gasteiger partial charge on any atom is 0.238 e. The molecule has 4 aromatic heterocycles. The summed E-state index contributed by atoms with van der Waals surface area (Å²) >= 11 is 0. The molecule has 4 heterocycles. The molecule has 0 amide bonds. The number of para-hydroxylation sites is 3. The van der Waals surface area contributed by atoms with Gasteiger partial charge in [-0.2, -0.15) is 9.97 Å². The summed E-state index contributed by atoms with van der Waals surface area (Å²) in [7, 11) is 0. The van der Waals surface area contributed by atoms with E-state index in [9.17, 15) is 0 Å². The fraction of sp³-hybridized carbons (Fsp3) is 0.0143. The van der Waals surface area contributed by atoms with Gasteiger partial charge in [0.2, 0.25) is 5.95 Å². The van der Waals surface area contributed by atoms with Crippen LogP contribution in [0.1, 0.15) is 22.3 Å². The maximum atomic E-state index is 6.67. The lowest BCUT2D eigenvalue weighted by molar-refractivity contribution is 0.669. The van der Waals surface area contributed by atoms with Crippen molar-refractivity contribution in [2.75, 3.05) is 0 Å². The lowest BCUT2D eigenvalue weighted by Gasteiger charge is -2.30. The molecule has 17 rings (SSSR count). The predicted molar refractivity (Wildman–Crippen MR) is 308 cm³/mol. The zero-order valence-corrected chi connectivity index (χ0v) is 40.8. The molecule has 11 aromatic carbocycles. The van der Waals surface area contributed by atoms with Crippen LogP contribution in [0.2, 0.25) is 0 Å². The van der Waals surface area contributed by atoms with Gasteiger partial charge >= 0.3 is 0 Å². The Hall–Kier alpha value is -10.2.